The molecule has 0 heterocycles. The number of nitrogens with two attached hydrogens (primary N) is 1. The second-order valence-corrected chi connectivity index (χ2v) is 5.03. The number of nitrogen functional groups attached to an aromatic ring is 1. The highest BCUT2D eigenvalue weighted by Crippen LogP contribution is 2.13. The lowest BCUT2D eigenvalue weighted by molar-refractivity contribution is 0.0954. The predicted octanol–water partition coefficient (Wildman–Crippen LogP) is 2.45. The van der Waals surface area contributed by atoms with E-state index < -0.39 is 0 Å². The number of hydrogen-bond donors (Lipinski definition) is 2. The van der Waals surface area contributed by atoms with Gasteiger partial charge in [-0.2, -0.15) is 11.8 Å². The summed E-state index contributed by atoms with van der Waals surface area (Å²) in [6.07, 6.45) is 4.23. The van der Waals surface area contributed by atoms with Gasteiger partial charge in [-0.15, -0.1) is 0 Å². The maximum Gasteiger partial charge on any atom is 0.253 e. The van der Waals surface area contributed by atoms with E-state index in [1.54, 1.807) is 6.07 Å². The van der Waals surface area contributed by atoms with Crippen LogP contribution in [-0.4, -0.2) is 24.5 Å². The predicted molar refractivity (Wildman–Crippen MR) is 75.5 cm³/mol. The number of carbonyl (C=O) groups excluding carboxylic acids is 1. The summed E-state index contributed by atoms with van der Waals surface area (Å²) in [5.41, 5.74) is 7.94. The van der Waals surface area contributed by atoms with Crippen molar-refractivity contribution in [3.8, 4) is 0 Å². The van der Waals surface area contributed by atoms with E-state index in [0.717, 1.165) is 24.2 Å². The Kier molecular flexibility index (Phi) is 5.91. The lowest BCUT2D eigenvalue weighted by Crippen LogP contribution is -2.25. The summed E-state index contributed by atoms with van der Waals surface area (Å²) in [4.78, 5) is 11.9. The lowest BCUT2D eigenvalue weighted by atomic mass is 10.1. The van der Waals surface area contributed by atoms with Crippen molar-refractivity contribution in [3.05, 3.63) is 29.3 Å². The molecule has 1 rings (SSSR count). The van der Waals surface area contributed by atoms with E-state index in [9.17, 15) is 4.79 Å². The second kappa shape index (κ2) is 7.22. The summed E-state index contributed by atoms with van der Waals surface area (Å²) >= 11 is 1.83. The van der Waals surface area contributed by atoms with E-state index in [2.05, 4.69) is 11.6 Å². The molecule has 0 fully saturated rings. The maximum absolute atomic E-state index is 11.9. The van der Waals surface area contributed by atoms with Crippen molar-refractivity contribution in [3.63, 3.8) is 0 Å². The monoisotopic (exact) mass is 252 g/mol. The minimum atomic E-state index is -0.0737. The van der Waals surface area contributed by atoms with Gasteiger partial charge >= 0.3 is 0 Å². The van der Waals surface area contributed by atoms with Crippen molar-refractivity contribution < 1.29 is 4.79 Å². The molecule has 0 bridgehead atoms. The normalized spacial score (nSPS) is 10.2. The van der Waals surface area contributed by atoms with Crippen LogP contribution in [0.2, 0.25) is 0 Å². The molecule has 0 radical (unpaired) electrons. The molecule has 3 nitrogen and oxygen atoms in total. The number of rotatable bonds is 6. The number of carbonyl (C=O) groups is 1. The molecule has 0 saturated heterocycles. The number of hydrogen-bond acceptors (Lipinski definition) is 3. The van der Waals surface area contributed by atoms with Gasteiger partial charge in [-0.3, -0.25) is 4.79 Å². The number of nitrogens with one attached hydrogen (secondary N) is 1. The zero-order valence-corrected chi connectivity index (χ0v) is 11.3. The van der Waals surface area contributed by atoms with Crippen molar-refractivity contribution in [2.45, 2.75) is 19.8 Å². The molecular weight excluding hydrogens is 232 g/mol. The number of benzene rings is 1. The summed E-state index contributed by atoms with van der Waals surface area (Å²) in [6.45, 7) is 2.67. The van der Waals surface area contributed by atoms with Gasteiger partial charge in [-0.1, -0.05) is 11.6 Å². The molecule has 3 N–H and O–H groups in total. The van der Waals surface area contributed by atoms with E-state index in [1.807, 2.05) is 30.8 Å². The van der Waals surface area contributed by atoms with Gasteiger partial charge in [0.05, 0.1) is 5.56 Å². The number of unbranched alkanes of at least 4 members (excludes halogenated alkanes) is 1. The molecular formula is C13H20N2OS. The van der Waals surface area contributed by atoms with Crippen LogP contribution >= 0.6 is 11.8 Å². The van der Waals surface area contributed by atoms with Gasteiger partial charge in [-0.05, 0) is 43.9 Å². The Balaban J connectivity index is 2.44. The Bertz CT molecular complexity index is 380. The van der Waals surface area contributed by atoms with Gasteiger partial charge in [-0.25, -0.2) is 0 Å². The van der Waals surface area contributed by atoms with Crippen LogP contribution in [0.4, 0.5) is 5.69 Å². The number of amides is 1. The second-order valence-electron chi connectivity index (χ2n) is 4.05. The van der Waals surface area contributed by atoms with Crippen LogP contribution in [0.5, 0.6) is 0 Å². The molecule has 0 saturated carbocycles. The Morgan fingerprint density at radius 3 is 2.88 bits per heavy atom. The molecule has 0 aromatic heterocycles. The van der Waals surface area contributed by atoms with Crippen LogP contribution in [0.3, 0.4) is 0 Å². The van der Waals surface area contributed by atoms with Crippen LogP contribution in [0.15, 0.2) is 18.2 Å². The van der Waals surface area contributed by atoms with Crippen molar-refractivity contribution in [2.75, 3.05) is 24.3 Å². The Morgan fingerprint density at radius 2 is 2.18 bits per heavy atom. The molecule has 1 amide bonds. The summed E-state index contributed by atoms with van der Waals surface area (Å²) in [7, 11) is 0. The molecule has 0 atom stereocenters. The molecule has 1 aromatic rings. The number of anilines is 1. The third kappa shape index (κ3) is 4.69. The van der Waals surface area contributed by atoms with Gasteiger partial charge < -0.3 is 11.1 Å². The number of thioether (sulfide) groups is 1. The third-order valence-corrected chi connectivity index (χ3v) is 3.21. The van der Waals surface area contributed by atoms with Gasteiger partial charge in [0, 0.05) is 12.2 Å². The van der Waals surface area contributed by atoms with Crippen LogP contribution in [0.25, 0.3) is 0 Å². The first-order chi connectivity index (χ1) is 8.15. The fourth-order valence-corrected chi connectivity index (χ4v) is 2.03. The summed E-state index contributed by atoms with van der Waals surface area (Å²) in [5, 5.41) is 2.90. The van der Waals surface area contributed by atoms with Crippen LogP contribution in [0.1, 0.15) is 28.8 Å². The van der Waals surface area contributed by atoms with Crippen molar-refractivity contribution in [1.29, 1.82) is 0 Å². The van der Waals surface area contributed by atoms with Gasteiger partial charge in [0.25, 0.3) is 5.91 Å². The molecule has 94 valence electrons. The van der Waals surface area contributed by atoms with Crippen LogP contribution in [0, 0.1) is 6.92 Å². The maximum atomic E-state index is 11.9. The van der Waals surface area contributed by atoms with Crippen molar-refractivity contribution in [1.82, 2.24) is 5.32 Å². The molecule has 17 heavy (non-hydrogen) atoms. The molecule has 0 aliphatic heterocycles. The Morgan fingerprint density at radius 1 is 1.41 bits per heavy atom. The zero-order chi connectivity index (χ0) is 12.7. The topological polar surface area (TPSA) is 55.1 Å². The molecule has 1 aromatic carbocycles. The molecule has 4 heteroatoms. The zero-order valence-electron chi connectivity index (χ0n) is 10.5. The highest BCUT2D eigenvalue weighted by Gasteiger charge is 2.08. The lowest BCUT2D eigenvalue weighted by Gasteiger charge is -2.08. The summed E-state index contributed by atoms with van der Waals surface area (Å²) in [5.74, 6) is 1.07. The minimum Gasteiger partial charge on any atom is -0.398 e. The van der Waals surface area contributed by atoms with E-state index in [4.69, 9.17) is 5.73 Å². The molecule has 0 unspecified atom stereocenters. The van der Waals surface area contributed by atoms with E-state index >= 15 is 0 Å². The summed E-state index contributed by atoms with van der Waals surface area (Å²) < 4.78 is 0. The molecule has 0 aliphatic rings. The fourth-order valence-electron chi connectivity index (χ4n) is 1.54. The Labute approximate surface area is 107 Å². The SMILES string of the molecule is CSCCCCNC(=O)c1cc(C)ccc1N. The van der Waals surface area contributed by atoms with E-state index in [0.29, 0.717) is 17.8 Å². The van der Waals surface area contributed by atoms with Gasteiger partial charge in [0.1, 0.15) is 0 Å². The van der Waals surface area contributed by atoms with E-state index in [1.165, 1.54) is 0 Å². The first kappa shape index (κ1) is 13.9. The largest absolute Gasteiger partial charge is 0.398 e. The first-order valence-corrected chi connectivity index (χ1v) is 7.18. The summed E-state index contributed by atoms with van der Waals surface area (Å²) in [6, 6.07) is 5.51. The first-order valence-electron chi connectivity index (χ1n) is 5.78. The van der Waals surface area contributed by atoms with Crippen molar-refractivity contribution >= 4 is 23.4 Å². The Hall–Kier alpha value is -1.16. The van der Waals surface area contributed by atoms with Gasteiger partial charge in [0.15, 0.2) is 0 Å². The average molecular weight is 252 g/mol. The van der Waals surface area contributed by atoms with Crippen LogP contribution < -0.4 is 11.1 Å². The average Bonchev–Trinajstić information content (AvgIpc) is 2.32. The van der Waals surface area contributed by atoms with Crippen molar-refractivity contribution in [2.24, 2.45) is 0 Å². The molecule has 0 spiro atoms. The highest BCUT2D eigenvalue weighted by molar-refractivity contribution is 7.98. The quantitative estimate of drug-likeness (QED) is 0.604. The van der Waals surface area contributed by atoms with E-state index in [-0.39, 0.29) is 5.91 Å². The molecule has 0 aliphatic carbocycles. The number of aryl methyl sites for hydroxylation is 1. The van der Waals surface area contributed by atoms with Gasteiger partial charge in [0.2, 0.25) is 0 Å². The fraction of sp³-hybridized carbons (Fsp3) is 0.462. The highest BCUT2D eigenvalue weighted by atomic mass is 32.2. The van der Waals surface area contributed by atoms with Crippen LogP contribution in [-0.2, 0) is 0 Å². The smallest absolute Gasteiger partial charge is 0.253 e. The standard InChI is InChI=1S/C13H20N2OS/c1-10-5-6-12(14)11(9-10)13(16)15-7-3-4-8-17-2/h5-6,9H,3-4,7-8,14H2,1-2H3,(H,15,16). The minimum absolute atomic E-state index is 0.0737. The third-order valence-electron chi connectivity index (χ3n) is 2.51.